The molecule has 1 amide bonds. The highest BCUT2D eigenvalue weighted by Crippen LogP contribution is 2.31. The fourth-order valence-corrected chi connectivity index (χ4v) is 2.46. The van der Waals surface area contributed by atoms with Crippen LogP contribution < -0.4 is 11.1 Å². The van der Waals surface area contributed by atoms with E-state index in [2.05, 4.69) is 12.2 Å². The van der Waals surface area contributed by atoms with Gasteiger partial charge in [0.05, 0.1) is 29.5 Å². The van der Waals surface area contributed by atoms with E-state index in [4.69, 9.17) is 34.0 Å². The Balaban J connectivity index is 2.67. The van der Waals surface area contributed by atoms with Crippen LogP contribution in [-0.2, 0) is 4.79 Å². The molecule has 7 heteroatoms. The van der Waals surface area contributed by atoms with E-state index in [0.717, 1.165) is 19.4 Å². The van der Waals surface area contributed by atoms with Gasteiger partial charge in [-0.25, -0.2) is 0 Å². The third-order valence-corrected chi connectivity index (χ3v) is 3.48. The summed E-state index contributed by atoms with van der Waals surface area (Å²) in [4.78, 5) is 14.0. The van der Waals surface area contributed by atoms with Crippen LogP contribution in [0.3, 0.4) is 0 Å². The maximum atomic E-state index is 12.1. The number of nitrogens with two attached hydrogens (primary N) is 1. The van der Waals surface area contributed by atoms with E-state index in [0.29, 0.717) is 28.0 Å². The highest BCUT2D eigenvalue weighted by molar-refractivity contribution is 6.37. The van der Waals surface area contributed by atoms with Crippen LogP contribution in [0, 0.1) is 0 Å². The van der Waals surface area contributed by atoms with Gasteiger partial charge in [-0.05, 0) is 25.1 Å². The SMILES string of the molecule is CCCCN(CCO)CC(=O)Nc1c(N)cc(Cl)cc1Cl. The zero-order valence-corrected chi connectivity index (χ0v) is 13.5. The molecule has 0 bridgehead atoms. The van der Waals surface area contributed by atoms with Crippen molar-refractivity contribution in [1.82, 2.24) is 4.90 Å². The second-order valence-corrected chi connectivity index (χ2v) is 5.60. The first-order valence-electron chi connectivity index (χ1n) is 6.85. The van der Waals surface area contributed by atoms with Crippen molar-refractivity contribution in [1.29, 1.82) is 0 Å². The number of hydrogen-bond donors (Lipinski definition) is 3. The molecule has 0 saturated carbocycles. The second-order valence-electron chi connectivity index (χ2n) is 4.75. The van der Waals surface area contributed by atoms with E-state index in [-0.39, 0.29) is 19.1 Å². The van der Waals surface area contributed by atoms with E-state index < -0.39 is 0 Å². The number of anilines is 2. The normalized spacial score (nSPS) is 10.9. The molecule has 1 rings (SSSR count). The number of amides is 1. The van der Waals surface area contributed by atoms with Gasteiger partial charge in [-0.15, -0.1) is 0 Å². The van der Waals surface area contributed by atoms with E-state index in [1.165, 1.54) is 12.1 Å². The molecule has 0 aliphatic rings. The van der Waals surface area contributed by atoms with Crippen molar-refractivity contribution in [2.75, 3.05) is 37.3 Å². The average Bonchev–Trinajstić information content (AvgIpc) is 2.40. The molecule has 118 valence electrons. The molecule has 0 spiro atoms. The number of nitrogen functional groups attached to an aromatic ring is 1. The summed E-state index contributed by atoms with van der Waals surface area (Å²) in [6.45, 7) is 3.48. The lowest BCUT2D eigenvalue weighted by Crippen LogP contribution is -2.36. The van der Waals surface area contributed by atoms with Crippen LogP contribution in [0.4, 0.5) is 11.4 Å². The summed E-state index contributed by atoms with van der Waals surface area (Å²) >= 11 is 11.9. The van der Waals surface area contributed by atoms with E-state index in [1.807, 2.05) is 4.90 Å². The van der Waals surface area contributed by atoms with Crippen molar-refractivity contribution in [3.63, 3.8) is 0 Å². The molecular weight excluding hydrogens is 313 g/mol. The van der Waals surface area contributed by atoms with Gasteiger partial charge in [0.15, 0.2) is 0 Å². The standard InChI is InChI=1S/C14H21Cl2N3O2/c1-2-3-4-19(5-6-20)9-13(21)18-14-11(16)7-10(15)8-12(14)17/h7-8,20H,2-6,9,17H2,1H3,(H,18,21). The molecular formula is C14H21Cl2N3O2. The Kier molecular flexibility index (Phi) is 7.82. The first-order valence-corrected chi connectivity index (χ1v) is 7.61. The Hall–Kier alpha value is -1.01. The van der Waals surface area contributed by atoms with Gasteiger partial charge in [0, 0.05) is 11.6 Å². The smallest absolute Gasteiger partial charge is 0.238 e. The van der Waals surface area contributed by atoms with Crippen LogP contribution >= 0.6 is 23.2 Å². The van der Waals surface area contributed by atoms with E-state index >= 15 is 0 Å². The minimum atomic E-state index is -0.226. The number of benzene rings is 1. The van der Waals surface area contributed by atoms with Gasteiger partial charge in [0.1, 0.15) is 0 Å². The van der Waals surface area contributed by atoms with Crippen molar-refractivity contribution in [3.05, 3.63) is 22.2 Å². The predicted octanol–water partition coefficient (Wildman–Crippen LogP) is 2.61. The lowest BCUT2D eigenvalue weighted by molar-refractivity contribution is -0.117. The van der Waals surface area contributed by atoms with E-state index in [9.17, 15) is 4.79 Å². The molecule has 0 radical (unpaired) electrons. The summed E-state index contributed by atoms with van der Waals surface area (Å²) in [5.41, 5.74) is 6.49. The molecule has 1 aromatic rings. The average molecular weight is 334 g/mol. The summed E-state index contributed by atoms with van der Waals surface area (Å²) in [6.07, 6.45) is 2.00. The van der Waals surface area contributed by atoms with Crippen molar-refractivity contribution >= 4 is 40.5 Å². The number of hydrogen-bond acceptors (Lipinski definition) is 4. The molecule has 0 unspecified atom stereocenters. The number of halogens is 2. The third-order valence-electron chi connectivity index (χ3n) is 2.96. The Bertz CT molecular complexity index is 460. The summed E-state index contributed by atoms with van der Waals surface area (Å²) in [5.74, 6) is -0.226. The maximum Gasteiger partial charge on any atom is 0.238 e. The van der Waals surface area contributed by atoms with Crippen LogP contribution in [0.5, 0.6) is 0 Å². The minimum Gasteiger partial charge on any atom is -0.397 e. The van der Waals surface area contributed by atoms with Gasteiger partial charge in [0.25, 0.3) is 0 Å². The molecule has 0 saturated heterocycles. The van der Waals surface area contributed by atoms with Gasteiger partial charge in [-0.1, -0.05) is 36.5 Å². The number of nitrogens with one attached hydrogen (secondary N) is 1. The van der Waals surface area contributed by atoms with Crippen LogP contribution in [0.2, 0.25) is 10.0 Å². The summed E-state index contributed by atoms with van der Waals surface area (Å²) < 4.78 is 0. The summed E-state index contributed by atoms with van der Waals surface area (Å²) in [6, 6.07) is 3.06. The molecule has 21 heavy (non-hydrogen) atoms. The van der Waals surface area contributed by atoms with Crippen LogP contribution in [-0.4, -0.2) is 42.2 Å². The number of aliphatic hydroxyl groups is 1. The third kappa shape index (κ3) is 6.09. The molecule has 0 fully saturated rings. The lowest BCUT2D eigenvalue weighted by Gasteiger charge is -2.21. The van der Waals surface area contributed by atoms with Crippen LogP contribution in [0.25, 0.3) is 0 Å². The fraction of sp³-hybridized carbons (Fsp3) is 0.500. The van der Waals surface area contributed by atoms with Crippen molar-refractivity contribution in [2.45, 2.75) is 19.8 Å². The van der Waals surface area contributed by atoms with E-state index in [1.54, 1.807) is 0 Å². The molecule has 1 aromatic carbocycles. The molecule has 4 N–H and O–H groups in total. The summed E-state index contributed by atoms with van der Waals surface area (Å²) in [5, 5.41) is 12.4. The molecule has 0 heterocycles. The van der Waals surface area contributed by atoms with Crippen molar-refractivity contribution < 1.29 is 9.90 Å². The number of nitrogens with zero attached hydrogens (tertiary/aromatic N) is 1. The van der Waals surface area contributed by atoms with Gasteiger partial charge in [0.2, 0.25) is 5.91 Å². The Morgan fingerprint density at radius 2 is 2.10 bits per heavy atom. The van der Waals surface area contributed by atoms with Gasteiger partial charge in [-0.3, -0.25) is 9.69 Å². The lowest BCUT2D eigenvalue weighted by atomic mass is 10.2. The Labute approximate surface area is 135 Å². The maximum absolute atomic E-state index is 12.1. The summed E-state index contributed by atoms with van der Waals surface area (Å²) in [7, 11) is 0. The number of rotatable bonds is 8. The Morgan fingerprint density at radius 1 is 1.38 bits per heavy atom. The van der Waals surface area contributed by atoms with Crippen LogP contribution in [0.1, 0.15) is 19.8 Å². The fourth-order valence-electron chi connectivity index (χ4n) is 1.90. The quantitative estimate of drug-likeness (QED) is 0.639. The number of carbonyl (C=O) groups excluding carboxylic acids is 1. The molecule has 0 atom stereocenters. The van der Waals surface area contributed by atoms with Gasteiger partial charge < -0.3 is 16.2 Å². The number of carbonyl (C=O) groups is 1. The monoisotopic (exact) mass is 333 g/mol. The molecule has 0 aliphatic carbocycles. The number of aliphatic hydroxyl groups excluding tert-OH is 1. The molecule has 0 aliphatic heterocycles. The highest BCUT2D eigenvalue weighted by Gasteiger charge is 2.14. The Morgan fingerprint density at radius 3 is 2.67 bits per heavy atom. The van der Waals surface area contributed by atoms with Crippen molar-refractivity contribution in [3.8, 4) is 0 Å². The first kappa shape index (κ1) is 18.0. The minimum absolute atomic E-state index is 0.0147. The van der Waals surface area contributed by atoms with Crippen molar-refractivity contribution in [2.24, 2.45) is 0 Å². The van der Waals surface area contributed by atoms with Crippen LogP contribution in [0.15, 0.2) is 12.1 Å². The highest BCUT2D eigenvalue weighted by atomic mass is 35.5. The second kappa shape index (κ2) is 9.10. The van der Waals surface area contributed by atoms with Gasteiger partial charge >= 0.3 is 0 Å². The zero-order chi connectivity index (χ0) is 15.8. The van der Waals surface area contributed by atoms with Gasteiger partial charge in [-0.2, -0.15) is 0 Å². The first-order chi connectivity index (χ1) is 9.97. The largest absolute Gasteiger partial charge is 0.397 e. The predicted molar refractivity (Wildman–Crippen MR) is 87.9 cm³/mol. The molecule has 0 aromatic heterocycles. The number of unbranched alkanes of at least 4 members (excludes halogenated alkanes) is 1. The zero-order valence-electron chi connectivity index (χ0n) is 12.0. The topological polar surface area (TPSA) is 78.6 Å². The molecule has 5 nitrogen and oxygen atoms in total.